The number of hydrogen-bond acceptors (Lipinski definition) is 6. The van der Waals surface area contributed by atoms with Crippen LogP contribution in [0.4, 0.5) is 4.79 Å². The maximum absolute atomic E-state index is 11.6. The van der Waals surface area contributed by atoms with Crippen molar-refractivity contribution in [2.75, 3.05) is 13.7 Å². The Balaban J connectivity index is 1.78. The third kappa shape index (κ3) is 5.33. The van der Waals surface area contributed by atoms with E-state index in [-0.39, 0.29) is 24.5 Å². The summed E-state index contributed by atoms with van der Waals surface area (Å²) >= 11 is 0. The van der Waals surface area contributed by atoms with Gasteiger partial charge in [-0.1, -0.05) is 30.3 Å². The van der Waals surface area contributed by atoms with Gasteiger partial charge in [0.25, 0.3) is 0 Å². The van der Waals surface area contributed by atoms with Gasteiger partial charge in [-0.15, -0.1) is 0 Å². The van der Waals surface area contributed by atoms with Crippen molar-refractivity contribution in [1.82, 2.24) is 10.3 Å². The van der Waals surface area contributed by atoms with E-state index in [2.05, 4.69) is 15.0 Å². The molecule has 0 bridgehead atoms. The molecule has 8 nitrogen and oxygen atoms in total. The number of aliphatic hydroxyl groups excluding tert-OH is 2. The molecule has 2 atom stereocenters. The summed E-state index contributed by atoms with van der Waals surface area (Å²) in [5.74, 6) is -0.587. The molecule has 25 heavy (non-hydrogen) atoms. The lowest BCUT2D eigenvalue weighted by molar-refractivity contribution is 0.0161. The highest BCUT2D eigenvalue weighted by atomic mass is 16.5. The van der Waals surface area contributed by atoms with Crippen LogP contribution < -0.4 is 5.32 Å². The Bertz CT molecular complexity index is 700. The molecule has 2 aromatic rings. The molecule has 0 aliphatic rings. The van der Waals surface area contributed by atoms with E-state index in [4.69, 9.17) is 4.74 Å². The molecule has 1 amide bonds. The van der Waals surface area contributed by atoms with Crippen LogP contribution in [0.15, 0.2) is 42.5 Å². The number of ether oxygens (including phenoxy) is 2. The fourth-order valence-electron chi connectivity index (χ4n) is 2.09. The molecular formula is C17H20N2O6. The predicted molar refractivity (Wildman–Crippen MR) is 87.7 cm³/mol. The number of esters is 1. The summed E-state index contributed by atoms with van der Waals surface area (Å²) in [6.07, 6.45) is -3.31. The van der Waals surface area contributed by atoms with Gasteiger partial charge in [-0.05, 0) is 17.7 Å². The van der Waals surface area contributed by atoms with E-state index in [9.17, 15) is 19.8 Å². The Morgan fingerprint density at radius 2 is 1.88 bits per heavy atom. The minimum absolute atomic E-state index is 0.102. The van der Waals surface area contributed by atoms with Gasteiger partial charge in [-0.25, -0.2) is 9.59 Å². The monoisotopic (exact) mass is 348 g/mol. The largest absolute Gasteiger partial charge is 0.464 e. The normalized spacial score (nSPS) is 12.9. The van der Waals surface area contributed by atoms with Crippen LogP contribution in [0, 0.1) is 0 Å². The predicted octanol–water partition coefficient (Wildman–Crippen LogP) is 1.12. The van der Waals surface area contributed by atoms with Gasteiger partial charge >= 0.3 is 12.1 Å². The second-order valence-electron chi connectivity index (χ2n) is 5.27. The highest BCUT2D eigenvalue weighted by Gasteiger charge is 2.22. The molecule has 0 spiro atoms. The molecule has 1 aromatic heterocycles. The van der Waals surface area contributed by atoms with Crippen LogP contribution >= 0.6 is 0 Å². The smallest absolute Gasteiger partial charge is 0.407 e. The highest BCUT2D eigenvalue weighted by molar-refractivity contribution is 5.87. The van der Waals surface area contributed by atoms with Crippen molar-refractivity contribution in [2.24, 2.45) is 0 Å². The first kappa shape index (κ1) is 18.5. The van der Waals surface area contributed by atoms with E-state index in [1.807, 2.05) is 30.3 Å². The fourth-order valence-corrected chi connectivity index (χ4v) is 2.09. The Labute approximate surface area is 144 Å². The Morgan fingerprint density at radius 1 is 1.16 bits per heavy atom. The summed E-state index contributed by atoms with van der Waals surface area (Å²) in [5.41, 5.74) is 1.21. The number of amides is 1. The van der Waals surface area contributed by atoms with Crippen molar-refractivity contribution in [3.63, 3.8) is 0 Å². The Kier molecular flexibility index (Phi) is 6.55. The molecule has 0 aliphatic carbocycles. The van der Waals surface area contributed by atoms with E-state index in [0.717, 1.165) is 5.56 Å². The van der Waals surface area contributed by atoms with Crippen molar-refractivity contribution in [1.29, 1.82) is 0 Å². The number of nitrogens with one attached hydrogen (secondary N) is 2. The summed E-state index contributed by atoms with van der Waals surface area (Å²) in [7, 11) is 1.24. The molecule has 1 heterocycles. The van der Waals surface area contributed by atoms with Crippen molar-refractivity contribution >= 4 is 12.1 Å². The second kappa shape index (κ2) is 8.86. The van der Waals surface area contributed by atoms with Crippen molar-refractivity contribution in [2.45, 2.75) is 18.8 Å². The Hall–Kier alpha value is -2.84. The van der Waals surface area contributed by atoms with Crippen molar-refractivity contribution < 1.29 is 29.3 Å². The lowest BCUT2D eigenvalue weighted by atomic mass is 10.1. The zero-order chi connectivity index (χ0) is 18.2. The first-order valence-electron chi connectivity index (χ1n) is 7.59. The minimum atomic E-state index is -1.31. The maximum Gasteiger partial charge on any atom is 0.407 e. The lowest BCUT2D eigenvalue weighted by Crippen LogP contribution is -2.35. The van der Waals surface area contributed by atoms with Gasteiger partial charge in [0.2, 0.25) is 0 Å². The third-order valence-corrected chi connectivity index (χ3v) is 3.47. The number of alkyl carbamates (subject to hydrolysis) is 1. The number of carbonyl (C=O) groups is 2. The number of rotatable bonds is 7. The summed E-state index contributed by atoms with van der Waals surface area (Å²) in [6.45, 7) is -0.119. The topological polar surface area (TPSA) is 121 Å². The summed E-state index contributed by atoms with van der Waals surface area (Å²) in [4.78, 5) is 25.6. The van der Waals surface area contributed by atoms with Crippen LogP contribution in [0.2, 0.25) is 0 Å². The average Bonchev–Trinajstić information content (AvgIpc) is 3.14. The van der Waals surface area contributed by atoms with E-state index >= 15 is 0 Å². The summed E-state index contributed by atoms with van der Waals surface area (Å²) in [5, 5.41) is 22.4. The highest BCUT2D eigenvalue weighted by Crippen LogP contribution is 2.16. The standard InChI is InChI=1S/C17H20N2O6/c1-24-16(22)13-8-7-12(19-13)15(21)14(20)9-18-17(23)25-10-11-5-3-2-4-6-11/h2-8,14-15,19-21H,9-10H2,1H3,(H,18,23). The zero-order valence-corrected chi connectivity index (χ0v) is 13.6. The van der Waals surface area contributed by atoms with Crippen LogP contribution in [-0.4, -0.2) is 47.0 Å². The van der Waals surface area contributed by atoms with Gasteiger partial charge in [-0.2, -0.15) is 0 Å². The molecule has 0 fully saturated rings. The molecule has 0 saturated heterocycles. The van der Waals surface area contributed by atoms with Crippen molar-refractivity contribution in [3.05, 3.63) is 59.4 Å². The molecule has 2 unspecified atom stereocenters. The molecule has 4 N–H and O–H groups in total. The number of aromatic amines is 1. The van der Waals surface area contributed by atoms with E-state index in [0.29, 0.717) is 0 Å². The SMILES string of the molecule is COC(=O)c1ccc(C(O)C(O)CNC(=O)OCc2ccccc2)[nH]1. The van der Waals surface area contributed by atoms with Crippen LogP contribution in [0.3, 0.4) is 0 Å². The fraction of sp³-hybridized carbons (Fsp3) is 0.294. The Morgan fingerprint density at radius 3 is 2.56 bits per heavy atom. The first-order chi connectivity index (χ1) is 12.0. The second-order valence-corrected chi connectivity index (χ2v) is 5.27. The number of methoxy groups -OCH3 is 1. The number of hydrogen-bond donors (Lipinski definition) is 4. The molecular weight excluding hydrogens is 328 g/mol. The molecule has 134 valence electrons. The summed E-state index contributed by atoms with van der Waals surface area (Å²) in [6, 6.07) is 12.0. The molecule has 0 aliphatic heterocycles. The molecule has 0 saturated carbocycles. The molecule has 1 aromatic carbocycles. The van der Waals surface area contributed by atoms with Crippen LogP contribution in [-0.2, 0) is 16.1 Å². The maximum atomic E-state index is 11.6. The number of benzene rings is 1. The quantitative estimate of drug-likeness (QED) is 0.557. The molecule has 0 radical (unpaired) electrons. The van der Waals surface area contributed by atoms with E-state index in [1.165, 1.54) is 19.2 Å². The third-order valence-electron chi connectivity index (χ3n) is 3.47. The van der Waals surface area contributed by atoms with Crippen LogP contribution in [0.5, 0.6) is 0 Å². The van der Waals surface area contributed by atoms with Gasteiger partial charge in [0, 0.05) is 12.2 Å². The van der Waals surface area contributed by atoms with Crippen LogP contribution in [0.25, 0.3) is 0 Å². The number of H-pyrrole nitrogens is 1. The average molecular weight is 348 g/mol. The molecule has 2 rings (SSSR count). The zero-order valence-electron chi connectivity index (χ0n) is 13.6. The van der Waals surface area contributed by atoms with Crippen LogP contribution in [0.1, 0.15) is 27.8 Å². The number of aliphatic hydroxyl groups is 2. The number of carbonyl (C=O) groups excluding carboxylic acids is 2. The van der Waals surface area contributed by atoms with Gasteiger partial charge in [0.1, 0.15) is 24.5 Å². The minimum Gasteiger partial charge on any atom is -0.464 e. The lowest BCUT2D eigenvalue weighted by Gasteiger charge is -2.17. The number of aromatic nitrogens is 1. The van der Waals surface area contributed by atoms with Gasteiger partial charge in [0.15, 0.2) is 0 Å². The van der Waals surface area contributed by atoms with Gasteiger partial charge < -0.3 is 30.0 Å². The molecule has 8 heteroatoms. The first-order valence-corrected chi connectivity index (χ1v) is 7.59. The van der Waals surface area contributed by atoms with E-state index < -0.39 is 24.3 Å². The van der Waals surface area contributed by atoms with Gasteiger partial charge in [0.05, 0.1) is 7.11 Å². The van der Waals surface area contributed by atoms with Gasteiger partial charge in [-0.3, -0.25) is 0 Å². The van der Waals surface area contributed by atoms with Crippen molar-refractivity contribution in [3.8, 4) is 0 Å². The summed E-state index contributed by atoms with van der Waals surface area (Å²) < 4.78 is 9.55. The van der Waals surface area contributed by atoms with E-state index in [1.54, 1.807) is 0 Å².